The molecule has 7 atom stereocenters. The van der Waals surface area contributed by atoms with Gasteiger partial charge in [-0.1, -0.05) is 33.1 Å². The van der Waals surface area contributed by atoms with Crippen LogP contribution in [0.1, 0.15) is 104 Å². The Hall–Kier alpha value is -0.610. The fraction of sp³-hybridized carbons (Fsp3) is 0.923. The second-order valence-electron chi connectivity index (χ2n) is 12.1. The van der Waals surface area contributed by atoms with Crippen LogP contribution in [0, 0.1) is 34.5 Å². The molecule has 0 aromatic rings. The van der Waals surface area contributed by atoms with Gasteiger partial charge in [0.05, 0.1) is 0 Å². The average Bonchev–Trinajstić information content (AvgIpc) is 3.03. The number of aliphatic carboxylic acids is 1. The van der Waals surface area contributed by atoms with Crippen molar-refractivity contribution in [1.29, 1.82) is 0 Å². The Morgan fingerprint density at radius 3 is 2.35 bits per heavy atom. The summed E-state index contributed by atoms with van der Waals surface area (Å²) in [4.78, 5) is 25.0. The summed E-state index contributed by atoms with van der Waals surface area (Å²) in [5.41, 5.74) is -0.598. The summed E-state index contributed by atoms with van der Waals surface area (Å²) in [5, 5.41) is 14.4. The van der Waals surface area contributed by atoms with Crippen molar-refractivity contribution in [2.45, 2.75) is 115 Å². The van der Waals surface area contributed by atoms with Gasteiger partial charge in [-0.2, -0.15) is 0 Å². The van der Waals surface area contributed by atoms with Crippen molar-refractivity contribution in [1.82, 2.24) is 5.32 Å². The van der Waals surface area contributed by atoms with Gasteiger partial charge in [0.15, 0.2) is 0 Å². The maximum absolute atomic E-state index is 12.8. The lowest BCUT2D eigenvalue weighted by Crippen LogP contribution is -2.66. The molecule has 5 fully saturated rings. The third-order valence-corrected chi connectivity index (χ3v) is 11.1. The molecule has 0 radical (unpaired) electrons. The summed E-state index contributed by atoms with van der Waals surface area (Å²) in [6, 6.07) is 0.376. The lowest BCUT2D eigenvalue weighted by Gasteiger charge is -2.61. The van der Waals surface area contributed by atoms with Crippen LogP contribution in [0.25, 0.3) is 0 Å². The summed E-state index contributed by atoms with van der Waals surface area (Å²) in [6.07, 6.45) is 15.1. The second kappa shape index (κ2) is 8.31. The zero-order chi connectivity index (χ0) is 21.1. The van der Waals surface area contributed by atoms with Crippen molar-refractivity contribution in [2.24, 2.45) is 34.5 Å². The smallest absolute Gasteiger partial charge is 0.324 e. The topological polar surface area (TPSA) is 66.4 Å². The van der Waals surface area contributed by atoms with Crippen molar-refractivity contribution in [2.75, 3.05) is 0 Å². The van der Waals surface area contributed by atoms with E-state index in [1.165, 1.54) is 32.1 Å². The average molecular weight is 452 g/mol. The predicted molar refractivity (Wildman–Crippen MR) is 124 cm³/mol. The molecule has 31 heavy (non-hydrogen) atoms. The molecule has 2 N–H and O–H groups in total. The van der Waals surface area contributed by atoms with Gasteiger partial charge in [-0.15, -0.1) is 12.4 Å². The summed E-state index contributed by atoms with van der Waals surface area (Å²) in [7, 11) is 0. The van der Waals surface area contributed by atoms with Gasteiger partial charge in [0.1, 0.15) is 11.3 Å². The number of hydrogen-bond acceptors (Lipinski definition) is 3. The van der Waals surface area contributed by atoms with Crippen LogP contribution in [0.5, 0.6) is 0 Å². The van der Waals surface area contributed by atoms with Gasteiger partial charge in [0, 0.05) is 18.9 Å². The fourth-order valence-corrected chi connectivity index (χ4v) is 9.33. The van der Waals surface area contributed by atoms with Crippen LogP contribution in [0.3, 0.4) is 0 Å². The maximum Gasteiger partial charge on any atom is 0.324 e. The highest BCUT2D eigenvalue weighted by atomic mass is 35.5. The summed E-state index contributed by atoms with van der Waals surface area (Å²) in [6.45, 7) is 4.80. The minimum Gasteiger partial charge on any atom is -0.480 e. The standard InChI is InChI=1S/C26H41NO3.ClH/c1-24-13-10-19(28)16-17(24)8-9-20-21(24)11-14-25(2)22(20)12-15-26(25,23(29)30)27-18-6-4-3-5-7-18;/h17-18,20-22,27H,3-16H2,1-2H3,(H,29,30);1H/t17?,20-,21-,22+,24+,25+,26?;/m1./s1. The van der Waals surface area contributed by atoms with E-state index in [0.29, 0.717) is 40.9 Å². The number of carbonyl (C=O) groups is 2. The molecular formula is C26H42ClNO3. The van der Waals surface area contributed by atoms with E-state index in [1.807, 2.05) is 0 Å². The Morgan fingerprint density at radius 2 is 1.65 bits per heavy atom. The Kier molecular flexibility index (Phi) is 6.31. The molecule has 0 aromatic carbocycles. The van der Waals surface area contributed by atoms with E-state index >= 15 is 0 Å². The monoisotopic (exact) mass is 451 g/mol. The number of ketones is 1. The van der Waals surface area contributed by atoms with Gasteiger partial charge < -0.3 is 5.11 Å². The van der Waals surface area contributed by atoms with Crippen molar-refractivity contribution < 1.29 is 14.7 Å². The Bertz CT molecular complexity index is 721. The SMILES string of the molecule is C[C@]12CCC(=O)CC1CC[C@@H]1[C@H]2CC[C@@]2(C)[C@H]1CCC2(NC1CCCCC1)C(=O)O.Cl. The van der Waals surface area contributed by atoms with Gasteiger partial charge in [0.25, 0.3) is 0 Å². The van der Waals surface area contributed by atoms with Gasteiger partial charge in [0.2, 0.25) is 0 Å². The van der Waals surface area contributed by atoms with Crippen molar-refractivity contribution in [3.05, 3.63) is 0 Å². The molecule has 0 aliphatic heterocycles. The fourth-order valence-electron chi connectivity index (χ4n) is 9.33. The third kappa shape index (κ3) is 3.41. The minimum absolute atomic E-state index is 0. The van der Waals surface area contributed by atoms with Crippen LogP contribution in [-0.4, -0.2) is 28.4 Å². The normalized spacial score (nSPS) is 47.6. The molecule has 0 heterocycles. The molecule has 0 saturated heterocycles. The molecule has 5 aliphatic rings. The number of hydrogen-bond donors (Lipinski definition) is 2. The highest BCUT2D eigenvalue weighted by Crippen LogP contribution is 2.68. The van der Waals surface area contributed by atoms with Crippen LogP contribution in [0.4, 0.5) is 0 Å². The Balaban J connectivity index is 0.00000231. The second-order valence-corrected chi connectivity index (χ2v) is 12.1. The first-order valence-corrected chi connectivity index (χ1v) is 12.8. The summed E-state index contributed by atoms with van der Waals surface area (Å²) >= 11 is 0. The highest BCUT2D eigenvalue weighted by Gasteiger charge is 2.67. The van der Waals surface area contributed by atoms with Crippen LogP contribution >= 0.6 is 12.4 Å². The Labute approximate surface area is 194 Å². The molecule has 0 spiro atoms. The first-order chi connectivity index (χ1) is 14.3. The number of halogens is 1. The maximum atomic E-state index is 12.8. The quantitative estimate of drug-likeness (QED) is 0.571. The van der Waals surface area contributed by atoms with E-state index in [9.17, 15) is 14.7 Å². The van der Waals surface area contributed by atoms with E-state index in [-0.39, 0.29) is 17.8 Å². The Morgan fingerprint density at radius 1 is 0.935 bits per heavy atom. The number of rotatable bonds is 3. The van der Waals surface area contributed by atoms with Crippen molar-refractivity contribution in [3.8, 4) is 0 Å². The van der Waals surface area contributed by atoms with Gasteiger partial charge in [-0.3, -0.25) is 14.9 Å². The van der Waals surface area contributed by atoms with Gasteiger partial charge in [-0.25, -0.2) is 0 Å². The van der Waals surface area contributed by atoms with E-state index in [4.69, 9.17) is 0 Å². The largest absolute Gasteiger partial charge is 0.480 e. The van der Waals surface area contributed by atoms with E-state index < -0.39 is 11.5 Å². The summed E-state index contributed by atoms with van der Waals surface area (Å²) < 4.78 is 0. The summed E-state index contributed by atoms with van der Waals surface area (Å²) in [5.74, 6) is 2.28. The molecule has 5 rings (SSSR count). The molecule has 2 unspecified atom stereocenters. The first kappa shape index (κ1) is 23.5. The van der Waals surface area contributed by atoms with Crippen LogP contribution < -0.4 is 5.32 Å². The molecule has 5 aliphatic carbocycles. The van der Waals surface area contributed by atoms with E-state index in [0.717, 1.165) is 57.8 Å². The van der Waals surface area contributed by atoms with Crippen molar-refractivity contribution in [3.63, 3.8) is 0 Å². The van der Waals surface area contributed by atoms with Crippen LogP contribution in [0.15, 0.2) is 0 Å². The predicted octanol–water partition coefficient (Wildman–Crippen LogP) is 5.77. The van der Waals surface area contributed by atoms with Crippen LogP contribution in [0.2, 0.25) is 0 Å². The molecule has 5 saturated carbocycles. The van der Waals surface area contributed by atoms with Crippen molar-refractivity contribution >= 4 is 24.2 Å². The van der Waals surface area contributed by atoms with E-state index in [1.54, 1.807) is 0 Å². The molecule has 5 heteroatoms. The molecule has 176 valence electrons. The number of Topliss-reactive ketones (excluding diaryl/α,β-unsaturated/α-hetero) is 1. The van der Waals surface area contributed by atoms with Gasteiger partial charge in [-0.05, 0) is 92.3 Å². The number of carbonyl (C=O) groups excluding carboxylic acids is 1. The number of carboxylic acids is 1. The zero-order valence-corrected chi connectivity index (χ0v) is 20.3. The lowest BCUT2D eigenvalue weighted by atomic mass is 9.44. The minimum atomic E-state index is -0.745. The van der Waals surface area contributed by atoms with E-state index in [2.05, 4.69) is 19.2 Å². The lowest BCUT2D eigenvalue weighted by molar-refractivity contribution is -0.161. The highest BCUT2D eigenvalue weighted by molar-refractivity contribution is 5.85. The molecule has 4 nitrogen and oxygen atoms in total. The number of nitrogens with one attached hydrogen (secondary N) is 1. The molecule has 0 bridgehead atoms. The van der Waals surface area contributed by atoms with Gasteiger partial charge >= 0.3 is 5.97 Å². The zero-order valence-electron chi connectivity index (χ0n) is 19.5. The number of fused-ring (bicyclic) bond motifs is 5. The third-order valence-electron chi connectivity index (χ3n) is 11.1. The first-order valence-electron chi connectivity index (χ1n) is 12.8. The van der Waals surface area contributed by atoms with Crippen LogP contribution in [-0.2, 0) is 9.59 Å². The molecule has 0 amide bonds. The molecule has 0 aromatic heterocycles. The number of carboxylic acid groups (broad SMARTS) is 1. The molecular weight excluding hydrogens is 410 g/mol.